The maximum atomic E-state index is 13.2. The molecule has 0 radical (unpaired) electrons. The highest BCUT2D eigenvalue weighted by Crippen LogP contribution is 2.31. The van der Waals surface area contributed by atoms with E-state index in [2.05, 4.69) is 46.2 Å². The molecule has 0 saturated carbocycles. The van der Waals surface area contributed by atoms with E-state index >= 15 is 0 Å². The third-order valence-corrected chi connectivity index (χ3v) is 5.54. The molecular formula is C21H28N6O. The third kappa shape index (κ3) is 3.35. The van der Waals surface area contributed by atoms with Crippen LogP contribution in [0.15, 0.2) is 29.1 Å². The molecule has 1 saturated heterocycles. The number of para-hydroxylation sites is 1. The molecular weight excluding hydrogens is 352 g/mol. The number of piperidine rings is 1. The highest BCUT2D eigenvalue weighted by molar-refractivity contribution is 5.82. The molecule has 1 atom stereocenters. The Hall–Kier alpha value is -2.54. The van der Waals surface area contributed by atoms with E-state index in [1.165, 1.54) is 6.42 Å². The molecule has 3 aromatic rings. The SMILES string of the molecule is Cc1cccc2cc(C(c3nnnn3C(C)(C)C)N3CCCCC3)c(=O)[nH]c12. The maximum Gasteiger partial charge on any atom is 0.253 e. The Bertz CT molecular complexity index is 1040. The molecule has 1 aliphatic heterocycles. The number of tetrazole rings is 1. The fourth-order valence-corrected chi connectivity index (χ4v) is 4.12. The number of nitrogens with one attached hydrogen (secondary N) is 1. The van der Waals surface area contributed by atoms with Gasteiger partial charge in [-0.3, -0.25) is 9.69 Å². The van der Waals surface area contributed by atoms with Gasteiger partial charge in [0.25, 0.3) is 5.56 Å². The van der Waals surface area contributed by atoms with Crippen LogP contribution in [0.2, 0.25) is 0 Å². The van der Waals surface area contributed by atoms with Crippen molar-refractivity contribution in [3.63, 3.8) is 0 Å². The zero-order valence-electron chi connectivity index (χ0n) is 17.1. The molecule has 1 aromatic carbocycles. The number of nitrogens with zero attached hydrogens (tertiary/aromatic N) is 5. The van der Waals surface area contributed by atoms with Gasteiger partial charge in [-0.05, 0) is 81.1 Å². The van der Waals surface area contributed by atoms with Crippen molar-refractivity contribution < 1.29 is 0 Å². The lowest BCUT2D eigenvalue weighted by Gasteiger charge is -2.35. The Morgan fingerprint density at radius 1 is 1.14 bits per heavy atom. The van der Waals surface area contributed by atoms with Crippen molar-refractivity contribution in [1.29, 1.82) is 0 Å². The molecule has 0 aliphatic carbocycles. The second-order valence-corrected chi connectivity index (χ2v) is 8.71. The molecule has 3 heterocycles. The fourth-order valence-electron chi connectivity index (χ4n) is 4.12. The summed E-state index contributed by atoms with van der Waals surface area (Å²) in [5.41, 5.74) is 2.33. The zero-order chi connectivity index (χ0) is 19.9. The van der Waals surface area contributed by atoms with E-state index in [1.807, 2.05) is 35.9 Å². The minimum Gasteiger partial charge on any atom is -0.321 e. The molecule has 28 heavy (non-hydrogen) atoms. The van der Waals surface area contributed by atoms with Gasteiger partial charge in [0.05, 0.1) is 11.1 Å². The van der Waals surface area contributed by atoms with E-state index in [-0.39, 0.29) is 17.1 Å². The number of H-pyrrole nitrogens is 1. The van der Waals surface area contributed by atoms with E-state index in [0.717, 1.165) is 48.2 Å². The van der Waals surface area contributed by atoms with Crippen LogP contribution in [-0.4, -0.2) is 43.2 Å². The summed E-state index contributed by atoms with van der Waals surface area (Å²) in [4.78, 5) is 18.6. The average molecular weight is 380 g/mol. The summed E-state index contributed by atoms with van der Waals surface area (Å²) < 4.78 is 1.85. The summed E-state index contributed by atoms with van der Waals surface area (Å²) >= 11 is 0. The molecule has 1 unspecified atom stereocenters. The molecule has 148 valence electrons. The number of rotatable bonds is 3. The minimum atomic E-state index is -0.271. The van der Waals surface area contributed by atoms with Crippen molar-refractivity contribution in [3.8, 4) is 0 Å². The summed E-state index contributed by atoms with van der Waals surface area (Å²) in [6.07, 6.45) is 3.47. The van der Waals surface area contributed by atoms with Gasteiger partial charge in [0, 0.05) is 5.56 Å². The van der Waals surface area contributed by atoms with E-state index in [1.54, 1.807) is 0 Å². The van der Waals surface area contributed by atoms with Crippen molar-refractivity contribution in [2.45, 2.75) is 58.5 Å². The molecule has 4 rings (SSSR count). The van der Waals surface area contributed by atoms with Crippen molar-refractivity contribution in [1.82, 2.24) is 30.1 Å². The summed E-state index contributed by atoms with van der Waals surface area (Å²) in [7, 11) is 0. The predicted octanol–water partition coefficient (Wildman–Crippen LogP) is 3.15. The first-order valence-corrected chi connectivity index (χ1v) is 10.0. The van der Waals surface area contributed by atoms with E-state index in [9.17, 15) is 4.79 Å². The number of fused-ring (bicyclic) bond motifs is 1. The standard InChI is InChI=1S/C21H28N6O/c1-14-9-8-10-15-13-16(20(28)22-17(14)15)18(26-11-6-5-7-12-26)19-23-24-25-27(19)21(2,3)4/h8-10,13,18H,5-7,11-12H2,1-4H3,(H,22,28). The van der Waals surface area contributed by atoms with Gasteiger partial charge >= 0.3 is 0 Å². The first-order valence-electron chi connectivity index (χ1n) is 10.0. The number of pyridine rings is 1. The Labute approximate surface area is 164 Å². The lowest BCUT2D eigenvalue weighted by atomic mass is 9.99. The molecule has 0 amide bonds. The molecule has 7 nitrogen and oxygen atoms in total. The number of likely N-dealkylation sites (tertiary alicyclic amines) is 1. The Kier molecular flexibility index (Phi) is 4.79. The molecule has 2 aromatic heterocycles. The second kappa shape index (κ2) is 7.13. The maximum absolute atomic E-state index is 13.2. The molecule has 0 spiro atoms. The molecule has 1 fully saturated rings. The zero-order valence-corrected chi connectivity index (χ0v) is 17.1. The normalized spacial score (nSPS) is 17.1. The Morgan fingerprint density at radius 2 is 1.89 bits per heavy atom. The largest absolute Gasteiger partial charge is 0.321 e. The topological polar surface area (TPSA) is 79.7 Å². The van der Waals surface area contributed by atoms with Crippen LogP contribution in [0.25, 0.3) is 10.9 Å². The van der Waals surface area contributed by atoms with Crippen LogP contribution in [-0.2, 0) is 5.54 Å². The highest BCUT2D eigenvalue weighted by atomic mass is 16.1. The Morgan fingerprint density at radius 3 is 2.61 bits per heavy atom. The van der Waals surface area contributed by atoms with E-state index in [4.69, 9.17) is 0 Å². The van der Waals surface area contributed by atoms with Gasteiger partial charge in [-0.15, -0.1) is 5.10 Å². The first kappa shape index (κ1) is 18.8. The van der Waals surface area contributed by atoms with Gasteiger partial charge in [-0.1, -0.05) is 24.6 Å². The number of hydrogen-bond donors (Lipinski definition) is 1. The van der Waals surface area contributed by atoms with Gasteiger partial charge in [0.1, 0.15) is 6.04 Å². The first-order chi connectivity index (χ1) is 13.4. The minimum absolute atomic E-state index is 0.0687. The number of aromatic nitrogens is 5. The van der Waals surface area contributed by atoms with Crippen LogP contribution in [0.3, 0.4) is 0 Å². The third-order valence-electron chi connectivity index (χ3n) is 5.54. The molecule has 1 aliphatic rings. The van der Waals surface area contributed by atoms with Gasteiger partial charge in [0.15, 0.2) is 5.82 Å². The average Bonchev–Trinajstić information content (AvgIpc) is 3.14. The van der Waals surface area contributed by atoms with Crippen molar-refractivity contribution >= 4 is 10.9 Å². The molecule has 1 N–H and O–H groups in total. The fraction of sp³-hybridized carbons (Fsp3) is 0.524. The van der Waals surface area contributed by atoms with Crippen LogP contribution in [0.5, 0.6) is 0 Å². The number of hydrogen-bond acceptors (Lipinski definition) is 5. The quantitative estimate of drug-likeness (QED) is 0.755. The van der Waals surface area contributed by atoms with E-state index in [0.29, 0.717) is 5.56 Å². The second-order valence-electron chi connectivity index (χ2n) is 8.71. The summed E-state index contributed by atoms with van der Waals surface area (Å²) in [6, 6.07) is 7.84. The van der Waals surface area contributed by atoms with Crippen molar-refractivity contribution in [2.75, 3.05) is 13.1 Å². The molecule has 0 bridgehead atoms. The van der Waals surface area contributed by atoms with Gasteiger partial charge < -0.3 is 4.98 Å². The lowest BCUT2D eigenvalue weighted by Crippen LogP contribution is -2.40. The smallest absolute Gasteiger partial charge is 0.253 e. The van der Waals surface area contributed by atoms with Crippen LogP contribution in [0, 0.1) is 6.92 Å². The van der Waals surface area contributed by atoms with Crippen molar-refractivity contribution in [3.05, 3.63) is 51.6 Å². The molecule has 7 heteroatoms. The monoisotopic (exact) mass is 380 g/mol. The van der Waals surface area contributed by atoms with Crippen LogP contribution in [0.4, 0.5) is 0 Å². The highest BCUT2D eigenvalue weighted by Gasteiger charge is 2.33. The lowest BCUT2D eigenvalue weighted by molar-refractivity contribution is 0.170. The van der Waals surface area contributed by atoms with Crippen LogP contribution >= 0.6 is 0 Å². The van der Waals surface area contributed by atoms with E-state index < -0.39 is 0 Å². The summed E-state index contributed by atoms with van der Waals surface area (Å²) in [5.74, 6) is 0.729. The Balaban J connectivity index is 1.92. The number of benzene rings is 1. The predicted molar refractivity (Wildman–Crippen MR) is 109 cm³/mol. The van der Waals surface area contributed by atoms with Crippen LogP contribution < -0.4 is 5.56 Å². The van der Waals surface area contributed by atoms with Gasteiger partial charge in [-0.2, -0.15) is 0 Å². The number of aryl methyl sites for hydroxylation is 1. The van der Waals surface area contributed by atoms with Gasteiger partial charge in [0.2, 0.25) is 0 Å². The van der Waals surface area contributed by atoms with Crippen molar-refractivity contribution in [2.24, 2.45) is 0 Å². The number of aromatic amines is 1. The summed E-state index contributed by atoms with van der Waals surface area (Å²) in [6.45, 7) is 10.1. The van der Waals surface area contributed by atoms with Crippen LogP contribution in [0.1, 0.15) is 63.0 Å². The van der Waals surface area contributed by atoms with Gasteiger partial charge in [-0.25, -0.2) is 4.68 Å². The summed E-state index contributed by atoms with van der Waals surface area (Å²) in [5, 5.41) is 13.6.